The molecule has 1 aromatic rings. The van der Waals surface area contributed by atoms with E-state index in [2.05, 4.69) is 0 Å². The maximum absolute atomic E-state index is 5.89. The first-order valence-corrected chi connectivity index (χ1v) is 5.90. The van der Waals surface area contributed by atoms with Crippen molar-refractivity contribution in [3.63, 3.8) is 0 Å². The van der Waals surface area contributed by atoms with E-state index in [1.807, 2.05) is 18.2 Å². The van der Waals surface area contributed by atoms with E-state index in [9.17, 15) is 0 Å². The second kappa shape index (κ2) is 7.07. The average molecular weight is 278 g/mol. The lowest BCUT2D eigenvalue weighted by Crippen LogP contribution is -2.17. The van der Waals surface area contributed by atoms with Gasteiger partial charge in [0.15, 0.2) is 0 Å². The van der Waals surface area contributed by atoms with Gasteiger partial charge >= 0.3 is 0 Å². The summed E-state index contributed by atoms with van der Waals surface area (Å²) in [6.45, 7) is 1.87. The minimum absolute atomic E-state index is 0. The Morgan fingerprint density at radius 1 is 1.47 bits per heavy atom. The van der Waals surface area contributed by atoms with E-state index in [0.717, 1.165) is 30.8 Å². The fraction of sp³-hybridized carbons (Fsp3) is 0.500. The third-order valence-electron chi connectivity index (χ3n) is 2.69. The standard InChI is InChI=1S/C12H16ClNO2.ClH/c13-10-3-4-12(9(6-10)7-14)16-8-11-2-1-5-15-11;/h3-4,6,11H,1-2,5,7-8,14H2;1H. The predicted octanol–water partition coefficient (Wildman–Crippen LogP) is 2.78. The van der Waals surface area contributed by atoms with Gasteiger partial charge in [-0.3, -0.25) is 0 Å². The molecule has 5 heteroatoms. The highest BCUT2D eigenvalue weighted by atomic mass is 35.5. The molecule has 0 saturated carbocycles. The Balaban J connectivity index is 0.00000144. The number of hydrogen-bond donors (Lipinski definition) is 1. The van der Waals surface area contributed by atoms with Crippen LogP contribution in [0.2, 0.25) is 5.02 Å². The van der Waals surface area contributed by atoms with Gasteiger partial charge in [-0.25, -0.2) is 0 Å². The van der Waals surface area contributed by atoms with Crippen LogP contribution < -0.4 is 10.5 Å². The summed E-state index contributed by atoms with van der Waals surface area (Å²) >= 11 is 5.89. The summed E-state index contributed by atoms with van der Waals surface area (Å²) in [7, 11) is 0. The summed E-state index contributed by atoms with van der Waals surface area (Å²) in [4.78, 5) is 0. The quantitative estimate of drug-likeness (QED) is 0.921. The van der Waals surface area contributed by atoms with Gasteiger partial charge in [0.25, 0.3) is 0 Å². The molecule has 17 heavy (non-hydrogen) atoms. The van der Waals surface area contributed by atoms with Crippen LogP contribution in [0.25, 0.3) is 0 Å². The molecular weight excluding hydrogens is 261 g/mol. The zero-order valence-electron chi connectivity index (χ0n) is 9.52. The third kappa shape index (κ3) is 4.03. The number of benzene rings is 1. The summed E-state index contributed by atoms with van der Waals surface area (Å²) in [5, 5.41) is 0.685. The molecule has 0 bridgehead atoms. The number of nitrogens with two attached hydrogens (primary N) is 1. The zero-order valence-corrected chi connectivity index (χ0v) is 11.1. The Morgan fingerprint density at radius 2 is 2.29 bits per heavy atom. The van der Waals surface area contributed by atoms with Crippen molar-refractivity contribution in [3.05, 3.63) is 28.8 Å². The molecule has 0 radical (unpaired) electrons. The van der Waals surface area contributed by atoms with E-state index in [0.29, 0.717) is 18.2 Å². The van der Waals surface area contributed by atoms with Crippen molar-refractivity contribution < 1.29 is 9.47 Å². The van der Waals surface area contributed by atoms with Crippen LogP contribution in [0.5, 0.6) is 5.75 Å². The van der Waals surface area contributed by atoms with Crippen molar-refractivity contribution in [1.29, 1.82) is 0 Å². The van der Waals surface area contributed by atoms with Crippen LogP contribution in [0, 0.1) is 0 Å². The third-order valence-corrected chi connectivity index (χ3v) is 2.93. The highest BCUT2D eigenvalue weighted by molar-refractivity contribution is 6.30. The summed E-state index contributed by atoms with van der Waals surface area (Å²) in [6, 6.07) is 5.51. The molecule has 0 aromatic heterocycles. The molecule has 1 atom stereocenters. The van der Waals surface area contributed by atoms with Crippen LogP contribution in [0.15, 0.2) is 18.2 Å². The van der Waals surface area contributed by atoms with Crippen LogP contribution in [0.3, 0.4) is 0 Å². The second-order valence-corrected chi connectivity index (χ2v) is 4.34. The lowest BCUT2D eigenvalue weighted by atomic mass is 10.2. The van der Waals surface area contributed by atoms with Crippen LogP contribution >= 0.6 is 24.0 Å². The first-order chi connectivity index (χ1) is 7.79. The summed E-state index contributed by atoms with van der Waals surface area (Å²) in [5.41, 5.74) is 6.57. The van der Waals surface area contributed by atoms with Crippen LogP contribution in [0.4, 0.5) is 0 Å². The van der Waals surface area contributed by atoms with E-state index in [1.54, 1.807) is 0 Å². The van der Waals surface area contributed by atoms with Gasteiger partial charge in [-0.15, -0.1) is 12.4 Å². The maximum atomic E-state index is 5.89. The number of rotatable bonds is 4. The Labute approximate surface area is 113 Å². The molecule has 1 unspecified atom stereocenters. The minimum Gasteiger partial charge on any atom is -0.491 e. The van der Waals surface area contributed by atoms with Gasteiger partial charge < -0.3 is 15.2 Å². The minimum atomic E-state index is 0. The van der Waals surface area contributed by atoms with Gasteiger partial charge in [-0.05, 0) is 31.0 Å². The lowest BCUT2D eigenvalue weighted by molar-refractivity contribution is 0.0676. The van der Waals surface area contributed by atoms with Crippen molar-refractivity contribution in [3.8, 4) is 5.75 Å². The molecule has 1 fully saturated rings. The molecule has 96 valence electrons. The second-order valence-electron chi connectivity index (χ2n) is 3.90. The highest BCUT2D eigenvalue weighted by Crippen LogP contribution is 2.23. The smallest absolute Gasteiger partial charge is 0.124 e. The van der Waals surface area contributed by atoms with Crippen LogP contribution in [-0.4, -0.2) is 19.3 Å². The average Bonchev–Trinajstić information content (AvgIpc) is 2.80. The number of halogens is 2. The molecule has 1 aliphatic heterocycles. The molecule has 1 aliphatic rings. The van der Waals surface area contributed by atoms with Crippen LogP contribution in [0.1, 0.15) is 18.4 Å². The lowest BCUT2D eigenvalue weighted by Gasteiger charge is -2.14. The Hall–Kier alpha value is -0.480. The topological polar surface area (TPSA) is 44.5 Å². The van der Waals surface area contributed by atoms with Gasteiger partial charge in [-0.1, -0.05) is 11.6 Å². The molecule has 0 aliphatic carbocycles. The summed E-state index contributed by atoms with van der Waals surface area (Å²) < 4.78 is 11.2. The van der Waals surface area contributed by atoms with Crippen LogP contribution in [-0.2, 0) is 11.3 Å². The summed E-state index contributed by atoms with van der Waals surface area (Å²) in [6.07, 6.45) is 2.42. The molecule has 2 N–H and O–H groups in total. The Morgan fingerprint density at radius 3 is 2.94 bits per heavy atom. The monoisotopic (exact) mass is 277 g/mol. The van der Waals surface area contributed by atoms with E-state index in [4.69, 9.17) is 26.8 Å². The molecule has 1 saturated heterocycles. The molecule has 1 aromatic carbocycles. The van der Waals surface area contributed by atoms with Crippen molar-refractivity contribution in [2.75, 3.05) is 13.2 Å². The molecule has 1 heterocycles. The highest BCUT2D eigenvalue weighted by Gasteiger charge is 2.16. The zero-order chi connectivity index (χ0) is 11.4. The molecule has 2 rings (SSSR count). The first kappa shape index (κ1) is 14.6. The first-order valence-electron chi connectivity index (χ1n) is 5.52. The fourth-order valence-electron chi connectivity index (χ4n) is 1.81. The van der Waals surface area contributed by atoms with Gasteiger partial charge in [0.1, 0.15) is 12.4 Å². The van der Waals surface area contributed by atoms with Gasteiger partial charge in [0.05, 0.1) is 6.10 Å². The Kier molecular flexibility index (Phi) is 6.06. The van der Waals surface area contributed by atoms with Gasteiger partial charge in [0, 0.05) is 23.7 Å². The fourth-order valence-corrected chi connectivity index (χ4v) is 2.00. The molecule has 3 nitrogen and oxygen atoms in total. The van der Waals surface area contributed by atoms with E-state index in [-0.39, 0.29) is 18.5 Å². The normalized spacial score (nSPS) is 18.8. The van der Waals surface area contributed by atoms with E-state index in [1.165, 1.54) is 0 Å². The molecule has 0 amide bonds. The summed E-state index contributed by atoms with van der Waals surface area (Å²) in [5.74, 6) is 0.808. The molecule has 0 spiro atoms. The van der Waals surface area contributed by atoms with Gasteiger partial charge in [0.2, 0.25) is 0 Å². The Bertz CT molecular complexity index is 354. The van der Waals surface area contributed by atoms with Crippen molar-refractivity contribution in [2.24, 2.45) is 5.73 Å². The predicted molar refractivity (Wildman–Crippen MR) is 71.1 cm³/mol. The largest absolute Gasteiger partial charge is 0.491 e. The maximum Gasteiger partial charge on any atom is 0.124 e. The van der Waals surface area contributed by atoms with E-state index < -0.39 is 0 Å². The number of hydrogen-bond acceptors (Lipinski definition) is 3. The van der Waals surface area contributed by atoms with Gasteiger partial charge in [-0.2, -0.15) is 0 Å². The number of ether oxygens (including phenoxy) is 2. The molecular formula is C12H17Cl2NO2. The van der Waals surface area contributed by atoms with Crippen molar-refractivity contribution in [1.82, 2.24) is 0 Å². The van der Waals surface area contributed by atoms with Crippen molar-refractivity contribution in [2.45, 2.75) is 25.5 Å². The van der Waals surface area contributed by atoms with E-state index >= 15 is 0 Å². The van der Waals surface area contributed by atoms with Crippen molar-refractivity contribution >= 4 is 24.0 Å². The SMILES string of the molecule is Cl.NCc1cc(Cl)ccc1OCC1CCCO1.